The quantitative estimate of drug-likeness (QED) is 0.592. The Bertz CT molecular complexity index is 827. The predicted octanol–water partition coefficient (Wildman–Crippen LogP) is 1.78. The standard InChI is InChI=1S/C26H44N2O8/c1-17(2)13-21-25(34-6)24(31)22(29)15-35-12-8-7-9-27(10-11-28(21)23(30)16-33-5)26(32)20-14-18(3)36-19(20)4/h14,17,21-22,24-25,29,31H,7-13,15-16H2,1-6H3/t21-,22-,24-,25-/m0/s1. The molecule has 0 radical (unpaired) electrons. The second-order valence-electron chi connectivity index (χ2n) is 9.88. The maximum atomic E-state index is 13.5. The van der Waals surface area contributed by atoms with E-state index in [2.05, 4.69) is 0 Å². The third kappa shape index (κ3) is 8.27. The van der Waals surface area contributed by atoms with Crippen LogP contribution in [0.4, 0.5) is 0 Å². The van der Waals surface area contributed by atoms with Gasteiger partial charge in [-0.3, -0.25) is 9.59 Å². The molecule has 10 nitrogen and oxygen atoms in total. The molecule has 4 atom stereocenters. The average molecular weight is 513 g/mol. The normalized spacial score (nSPS) is 25.1. The molecular formula is C26H44N2O8. The second kappa shape index (κ2) is 14.7. The minimum absolute atomic E-state index is 0.0580. The van der Waals surface area contributed by atoms with Gasteiger partial charge in [0.1, 0.15) is 36.4 Å². The van der Waals surface area contributed by atoms with Crippen molar-refractivity contribution in [2.24, 2.45) is 5.92 Å². The Hall–Kier alpha value is -1.98. The van der Waals surface area contributed by atoms with E-state index in [-0.39, 0.29) is 44.0 Å². The van der Waals surface area contributed by atoms with Crippen LogP contribution in [0.1, 0.15) is 55.0 Å². The van der Waals surface area contributed by atoms with Gasteiger partial charge in [-0.15, -0.1) is 0 Å². The van der Waals surface area contributed by atoms with Crippen LogP contribution in [0.5, 0.6) is 0 Å². The van der Waals surface area contributed by atoms with Gasteiger partial charge in [-0.2, -0.15) is 0 Å². The molecule has 2 amide bonds. The number of amides is 2. The van der Waals surface area contributed by atoms with Crippen molar-refractivity contribution >= 4 is 11.8 Å². The number of aryl methyl sites for hydroxylation is 2. The van der Waals surface area contributed by atoms with E-state index in [4.69, 9.17) is 18.6 Å². The van der Waals surface area contributed by atoms with Gasteiger partial charge in [0, 0.05) is 40.5 Å². The van der Waals surface area contributed by atoms with Crippen LogP contribution in [-0.4, -0.2) is 110 Å². The Labute approximate surface area is 214 Å². The number of methoxy groups -OCH3 is 2. The molecule has 0 saturated carbocycles. The van der Waals surface area contributed by atoms with Gasteiger partial charge in [0.25, 0.3) is 5.91 Å². The summed E-state index contributed by atoms with van der Waals surface area (Å²) in [5.74, 6) is 0.949. The highest BCUT2D eigenvalue weighted by Crippen LogP contribution is 2.23. The van der Waals surface area contributed by atoms with Gasteiger partial charge in [-0.1, -0.05) is 13.8 Å². The molecule has 0 aromatic carbocycles. The number of hydrogen-bond donors (Lipinski definition) is 2. The van der Waals surface area contributed by atoms with E-state index in [1.165, 1.54) is 14.2 Å². The van der Waals surface area contributed by atoms with Crippen molar-refractivity contribution in [3.05, 3.63) is 23.2 Å². The van der Waals surface area contributed by atoms with E-state index in [1.807, 2.05) is 13.8 Å². The first-order valence-corrected chi connectivity index (χ1v) is 12.7. The van der Waals surface area contributed by atoms with Crippen molar-refractivity contribution in [2.75, 3.05) is 53.7 Å². The van der Waals surface area contributed by atoms with E-state index in [0.717, 1.165) is 0 Å². The summed E-state index contributed by atoms with van der Waals surface area (Å²) >= 11 is 0. The third-order valence-corrected chi connectivity index (χ3v) is 6.51. The Morgan fingerprint density at radius 2 is 1.86 bits per heavy atom. The lowest BCUT2D eigenvalue weighted by Crippen LogP contribution is -2.57. The van der Waals surface area contributed by atoms with Gasteiger partial charge >= 0.3 is 0 Å². The van der Waals surface area contributed by atoms with Gasteiger partial charge in [0.2, 0.25) is 5.91 Å². The number of rotatable bonds is 6. The van der Waals surface area contributed by atoms with Crippen LogP contribution in [-0.2, 0) is 19.0 Å². The first-order chi connectivity index (χ1) is 17.1. The number of ether oxygens (including phenoxy) is 3. The summed E-state index contributed by atoms with van der Waals surface area (Å²) in [4.78, 5) is 30.1. The predicted molar refractivity (Wildman–Crippen MR) is 134 cm³/mol. The van der Waals surface area contributed by atoms with Crippen LogP contribution in [0, 0.1) is 19.8 Å². The van der Waals surface area contributed by atoms with Crippen LogP contribution in [0.3, 0.4) is 0 Å². The molecule has 1 fully saturated rings. The Balaban J connectivity index is 2.44. The maximum absolute atomic E-state index is 13.5. The molecule has 1 saturated heterocycles. The lowest BCUT2D eigenvalue weighted by Gasteiger charge is -2.41. The van der Waals surface area contributed by atoms with E-state index in [1.54, 1.807) is 29.7 Å². The minimum Gasteiger partial charge on any atom is -0.466 e. The second-order valence-corrected chi connectivity index (χ2v) is 9.88. The maximum Gasteiger partial charge on any atom is 0.257 e. The summed E-state index contributed by atoms with van der Waals surface area (Å²) in [5.41, 5.74) is 0.506. The van der Waals surface area contributed by atoms with Gasteiger partial charge in [-0.05, 0) is 45.1 Å². The van der Waals surface area contributed by atoms with Crippen LogP contribution in [0.2, 0.25) is 0 Å². The SMILES string of the molecule is COCC(=O)N1CCN(C(=O)c2cc(C)oc2C)CCCCOC[C@H](O)[C@H](O)[C@@H](OC)[C@@H]1CC(C)C. The number of aliphatic hydroxyl groups excluding tert-OH is 2. The molecule has 2 heterocycles. The smallest absolute Gasteiger partial charge is 0.257 e. The number of carbonyl (C=O) groups excluding carboxylic acids is 2. The Morgan fingerprint density at radius 3 is 2.44 bits per heavy atom. The van der Waals surface area contributed by atoms with E-state index < -0.39 is 24.4 Å². The topological polar surface area (TPSA) is 122 Å². The summed E-state index contributed by atoms with van der Waals surface area (Å²) in [6, 6.07) is 1.18. The average Bonchev–Trinajstić information content (AvgIpc) is 3.16. The van der Waals surface area contributed by atoms with Gasteiger partial charge < -0.3 is 38.6 Å². The highest BCUT2D eigenvalue weighted by molar-refractivity contribution is 5.95. The Morgan fingerprint density at radius 1 is 1.14 bits per heavy atom. The molecule has 0 aliphatic carbocycles. The van der Waals surface area contributed by atoms with Crippen LogP contribution < -0.4 is 0 Å². The number of nitrogens with zero attached hydrogens (tertiary/aromatic N) is 2. The molecule has 0 unspecified atom stereocenters. The van der Waals surface area contributed by atoms with Crippen LogP contribution >= 0.6 is 0 Å². The van der Waals surface area contributed by atoms with Gasteiger partial charge in [0.05, 0.1) is 18.2 Å². The molecule has 206 valence electrons. The fourth-order valence-corrected chi connectivity index (χ4v) is 4.71. The van der Waals surface area contributed by atoms with Gasteiger partial charge in [-0.25, -0.2) is 0 Å². The lowest BCUT2D eigenvalue weighted by molar-refractivity contribution is -0.152. The number of hydrogen-bond acceptors (Lipinski definition) is 8. The summed E-state index contributed by atoms with van der Waals surface area (Å²) in [6.45, 7) is 8.76. The monoisotopic (exact) mass is 512 g/mol. The highest BCUT2D eigenvalue weighted by atomic mass is 16.5. The zero-order valence-electron chi connectivity index (χ0n) is 22.6. The molecule has 1 aromatic rings. The van der Waals surface area contributed by atoms with E-state index in [0.29, 0.717) is 49.5 Å². The minimum atomic E-state index is -1.27. The Kier molecular flexibility index (Phi) is 12.3. The van der Waals surface area contributed by atoms with Crippen molar-refractivity contribution in [1.29, 1.82) is 0 Å². The summed E-state index contributed by atoms with van der Waals surface area (Å²) in [7, 11) is 2.90. The lowest BCUT2D eigenvalue weighted by atomic mass is 9.92. The van der Waals surface area contributed by atoms with Crippen molar-refractivity contribution in [2.45, 2.75) is 71.3 Å². The van der Waals surface area contributed by atoms with Gasteiger partial charge in [0.15, 0.2) is 0 Å². The molecular weight excluding hydrogens is 468 g/mol. The molecule has 36 heavy (non-hydrogen) atoms. The van der Waals surface area contributed by atoms with E-state index in [9.17, 15) is 19.8 Å². The van der Waals surface area contributed by atoms with Crippen LogP contribution in [0.25, 0.3) is 0 Å². The largest absolute Gasteiger partial charge is 0.466 e. The first kappa shape index (κ1) is 30.2. The van der Waals surface area contributed by atoms with Crippen LogP contribution in [0.15, 0.2) is 10.5 Å². The third-order valence-electron chi connectivity index (χ3n) is 6.51. The molecule has 0 bridgehead atoms. The molecule has 2 rings (SSSR count). The zero-order valence-corrected chi connectivity index (χ0v) is 22.6. The molecule has 2 N–H and O–H groups in total. The van der Waals surface area contributed by atoms with Crippen molar-refractivity contribution in [1.82, 2.24) is 9.80 Å². The molecule has 10 heteroatoms. The zero-order chi connectivity index (χ0) is 26.8. The number of aliphatic hydroxyl groups is 2. The summed E-state index contributed by atoms with van der Waals surface area (Å²) in [5, 5.41) is 21.6. The fraction of sp³-hybridized carbons (Fsp3) is 0.769. The van der Waals surface area contributed by atoms with Crippen molar-refractivity contribution < 1.29 is 38.4 Å². The number of furan rings is 1. The van der Waals surface area contributed by atoms with E-state index >= 15 is 0 Å². The number of carbonyl (C=O) groups is 2. The fourth-order valence-electron chi connectivity index (χ4n) is 4.71. The molecule has 1 aromatic heterocycles. The van der Waals surface area contributed by atoms with Crippen molar-refractivity contribution in [3.63, 3.8) is 0 Å². The summed E-state index contributed by atoms with van der Waals surface area (Å²) < 4.78 is 22.0. The molecule has 1 aliphatic rings. The highest BCUT2D eigenvalue weighted by Gasteiger charge is 2.39. The molecule has 0 spiro atoms. The van der Waals surface area contributed by atoms with Crippen molar-refractivity contribution in [3.8, 4) is 0 Å². The molecule has 1 aliphatic heterocycles. The summed E-state index contributed by atoms with van der Waals surface area (Å²) in [6.07, 6.45) is -1.43. The first-order valence-electron chi connectivity index (χ1n) is 12.7.